The van der Waals surface area contributed by atoms with E-state index in [9.17, 15) is 24.7 Å². The van der Waals surface area contributed by atoms with Crippen molar-refractivity contribution in [3.63, 3.8) is 0 Å². The molecular weight excluding hydrogens is 315 g/mol. The molecule has 1 atom stereocenters. The Kier molecular flexibility index (Phi) is 4.12. The molecule has 1 saturated heterocycles. The number of fused-ring (bicyclic) bond motifs is 1. The van der Waals surface area contributed by atoms with Crippen molar-refractivity contribution >= 4 is 30.0 Å². The summed E-state index contributed by atoms with van der Waals surface area (Å²) in [5.41, 5.74) is 5.34. The number of nitrogen functional groups attached to an aromatic ring is 1. The second kappa shape index (κ2) is 5.97. The van der Waals surface area contributed by atoms with Gasteiger partial charge in [-0.1, -0.05) is 0 Å². The highest BCUT2D eigenvalue weighted by Gasteiger charge is 2.44. The third kappa shape index (κ3) is 2.58. The second-order valence-corrected chi connectivity index (χ2v) is 6.05. The first kappa shape index (κ1) is 16.6. The Morgan fingerprint density at radius 1 is 1.21 bits per heavy atom. The fourth-order valence-corrected chi connectivity index (χ4v) is 3.29. The van der Waals surface area contributed by atoms with Gasteiger partial charge in [0.15, 0.2) is 11.6 Å². The first-order valence-corrected chi connectivity index (χ1v) is 7.63. The first-order valence-electron chi connectivity index (χ1n) is 7.63. The molecule has 2 aliphatic rings. The van der Waals surface area contributed by atoms with E-state index in [1.807, 2.05) is 4.81 Å². The highest BCUT2D eigenvalue weighted by molar-refractivity contribution is 6.45. The Labute approximate surface area is 138 Å². The van der Waals surface area contributed by atoms with E-state index >= 15 is 0 Å². The zero-order valence-corrected chi connectivity index (χ0v) is 13.1. The summed E-state index contributed by atoms with van der Waals surface area (Å²) in [7, 11) is -0.582. The number of carbonyl (C=O) groups is 2. The lowest BCUT2D eigenvalue weighted by Crippen LogP contribution is -2.56. The molecule has 1 heterocycles. The van der Waals surface area contributed by atoms with Gasteiger partial charge in [0.25, 0.3) is 5.69 Å². The number of Topliss-reactive ketones (excluding diaryl/α,β-unsaturated/α-hetero) is 2. The van der Waals surface area contributed by atoms with Crippen LogP contribution in [0.4, 0.5) is 11.4 Å². The monoisotopic (exact) mass is 332 g/mol. The van der Waals surface area contributed by atoms with Gasteiger partial charge >= 0.3 is 7.05 Å². The smallest absolute Gasteiger partial charge is 0.376 e. The first-order chi connectivity index (χ1) is 11.3. The summed E-state index contributed by atoms with van der Waals surface area (Å²) in [6.45, 7) is 3.65. The SMILES string of the molecule is CB(O)N1CCN(C2C(=O)c3cc(N)c([N+](=O)[O-])cc3C2=O)CC1. The number of nitro groups is 1. The van der Waals surface area contributed by atoms with Crippen LogP contribution in [0.1, 0.15) is 20.7 Å². The van der Waals surface area contributed by atoms with Crippen LogP contribution in [0.5, 0.6) is 0 Å². The molecule has 1 unspecified atom stereocenters. The van der Waals surface area contributed by atoms with Crippen molar-refractivity contribution in [1.29, 1.82) is 0 Å². The summed E-state index contributed by atoms with van der Waals surface area (Å²) in [5.74, 6) is -0.800. The van der Waals surface area contributed by atoms with E-state index < -0.39 is 23.8 Å². The van der Waals surface area contributed by atoms with E-state index in [4.69, 9.17) is 5.73 Å². The van der Waals surface area contributed by atoms with E-state index in [0.717, 1.165) is 6.07 Å². The van der Waals surface area contributed by atoms with Gasteiger partial charge in [-0.25, -0.2) is 0 Å². The number of nitrogens with two attached hydrogens (primary N) is 1. The van der Waals surface area contributed by atoms with Gasteiger partial charge in [0.05, 0.1) is 4.92 Å². The van der Waals surface area contributed by atoms with Crippen molar-refractivity contribution in [1.82, 2.24) is 9.71 Å². The number of nitro benzene ring substituents is 1. The van der Waals surface area contributed by atoms with Gasteiger partial charge in [-0.3, -0.25) is 24.6 Å². The predicted octanol–water partition coefficient (Wildman–Crippen LogP) is -0.347. The lowest BCUT2D eigenvalue weighted by Gasteiger charge is -2.37. The Hall–Kier alpha value is -2.30. The zero-order chi connectivity index (χ0) is 17.6. The van der Waals surface area contributed by atoms with E-state index in [1.54, 1.807) is 11.7 Å². The maximum absolute atomic E-state index is 12.6. The topological polar surface area (TPSA) is 130 Å². The standard InChI is InChI=1S/C14H17BN4O5/c1-15(22)18-4-2-17(3-5-18)12-13(20)8-6-10(16)11(19(23)24)7-9(8)14(12)21/h6-7,12,22H,2-5,16H2,1H3. The summed E-state index contributed by atoms with van der Waals surface area (Å²) in [6, 6.07) is 1.36. The Balaban J connectivity index is 1.87. The van der Waals surface area contributed by atoms with Gasteiger partial charge in [0.1, 0.15) is 11.7 Å². The van der Waals surface area contributed by atoms with Crippen molar-refractivity contribution in [2.45, 2.75) is 12.9 Å². The average molecular weight is 332 g/mol. The molecule has 1 aromatic carbocycles. The van der Waals surface area contributed by atoms with Crippen molar-refractivity contribution in [2.75, 3.05) is 31.9 Å². The van der Waals surface area contributed by atoms with E-state index in [1.165, 1.54) is 6.07 Å². The summed E-state index contributed by atoms with van der Waals surface area (Å²) in [5, 5.41) is 20.6. The van der Waals surface area contributed by atoms with Gasteiger partial charge in [-0.15, -0.1) is 0 Å². The lowest BCUT2D eigenvalue weighted by atomic mass is 9.84. The number of hydrogen-bond acceptors (Lipinski definition) is 8. The predicted molar refractivity (Wildman–Crippen MR) is 86.9 cm³/mol. The zero-order valence-electron chi connectivity index (χ0n) is 13.1. The average Bonchev–Trinajstić information content (AvgIpc) is 2.77. The minimum Gasteiger partial charge on any atom is -0.437 e. The van der Waals surface area contributed by atoms with Crippen molar-refractivity contribution in [3.05, 3.63) is 33.4 Å². The maximum atomic E-state index is 12.6. The molecule has 1 aliphatic heterocycles. The summed E-state index contributed by atoms with van der Waals surface area (Å²) < 4.78 is 0. The molecule has 0 saturated carbocycles. The molecule has 1 aliphatic carbocycles. The number of anilines is 1. The molecule has 24 heavy (non-hydrogen) atoms. The quantitative estimate of drug-likeness (QED) is 0.253. The normalized spacial score (nSPS) is 21.8. The van der Waals surface area contributed by atoms with E-state index in [0.29, 0.717) is 26.2 Å². The molecule has 0 radical (unpaired) electrons. The molecule has 0 aromatic heterocycles. The molecular formula is C14H17BN4O5. The summed E-state index contributed by atoms with van der Waals surface area (Å²) in [6.07, 6.45) is 0. The highest BCUT2D eigenvalue weighted by Crippen LogP contribution is 2.33. The lowest BCUT2D eigenvalue weighted by molar-refractivity contribution is -0.383. The van der Waals surface area contributed by atoms with Crippen LogP contribution in [0, 0.1) is 10.1 Å². The van der Waals surface area contributed by atoms with Crippen LogP contribution < -0.4 is 5.73 Å². The molecule has 3 rings (SSSR count). The van der Waals surface area contributed by atoms with Gasteiger partial charge in [-0.05, 0) is 12.9 Å². The molecule has 10 heteroatoms. The number of piperazine rings is 1. The minimum absolute atomic E-state index is 0.0591. The van der Waals surface area contributed by atoms with Gasteiger partial charge in [0, 0.05) is 43.4 Å². The van der Waals surface area contributed by atoms with Crippen LogP contribution in [0.3, 0.4) is 0 Å². The maximum Gasteiger partial charge on any atom is 0.376 e. The van der Waals surface area contributed by atoms with Gasteiger partial charge in [0.2, 0.25) is 0 Å². The third-order valence-corrected chi connectivity index (χ3v) is 4.63. The van der Waals surface area contributed by atoms with Crippen LogP contribution in [0.25, 0.3) is 0 Å². The number of nitrogens with zero attached hydrogens (tertiary/aromatic N) is 3. The van der Waals surface area contributed by atoms with Crippen molar-refractivity contribution < 1.29 is 19.5 Å². The van der Waals surface area contributed by atoms with Crippen LogP contribution >= 0.6 is 0 Å². The van der Waals surface area contributed by atoms with Gasteiger partial charge < -0.3 is 15.6 Å². The van der Waals surface area contributed by atoms with Crippen LogP contribution in [0.15, 0.2) is 12.1 Å². The Morgan fingerprint density at radius 2 is 1.75 bits per heavy atom. The molecule has 126 valence electrons. The summed E-state index contributed by atoms with van der Waals surface area (Å²) in [4.78, 5) is 39.1. The number of carbonyl (C=O) groups excluding carboxylic acids is 2. The molecule has 0 spiro atoms. The van der Waals surface area contributed by atoms with Crippen molar-refractivity contribution in [3.8, 4) is 0 Å². The van der Waals surface area contributed by atoms with Crippen LogP contribution in [-0.4, -0.2) is 70.5 Å². The summed E-state index contributed by atoms with van der Waals surface area (Å²) >= 11 is 0. The minimum atomic E-state index is -0.961. The largest absolute Gasteiger partial charge is 0.437 e. The number of benzene rings is 1. The highest BCUT2D eigenvalue weighted by atomic mass is 16.6. The molecule has 0 amide bonds. The van der Waals surface area contributed by atoms with Crippen LogP contribution in [-0.2, 0) is 0 Å². The molecule has 0 bridgehead atoms. The van der Waals surface area contributed by atoms with E-state index in [-0.39, 0.29) is 28.3 Å². The fraction of sp³-hybridized carbons (Fsp3) is 0.429. The van der Waals surface area contributed by atoms with E-state index in [2.05, 4.69) is 0 Å². The van der Waals surface area contributed by atoms with Crippen molar-refractivity contribution in [2.24, 2.45) is 0 Å². The molecule has 9 nitrogen and oxygen atoms in total. The van der Waals surface area contributed by atoms with Crippen LogP contribution in [0.2, 0.25) is 6.82 Å². The second-order valence-electron chi connectivity index (χ2n) is 6.05. The molecule has 1 aromatic rings. The number of rotatable bonds is 3. The third-order valence-electron chi connectivity index (χ3n) is 4.63. The Bertz CT molecular complexity index is 730. The van der Waals surface area contributed by atoms with Gasteiger partial charge in [-0.2, -0.15) is 0 Å². The number of hydrogen-bond donors (Lipinski definition) is 2. The molecule has 1 fully saturated rings. The molecule has 3 N–H and O–H groups in total. The Morgan fingerprint density at radius 3 is 2.25 bits per heavy atom. The number of ketones is 2. The fourth-order valence-electron chi connectivity index (χ4n) is 3.29.